The largest absolute Gasteiger partial charge is 0.482 e. The van der Waals surface area contributed by atoms with Gasteiger partial charge in [0, 0.05) is 20.7 Å². The molecule has 1 amide bonds. The van der Waals surface area contributed by atoms with Gasteiger partial charge in [-0.1, -0.05) is 18.2 Å². The number of aryl methyl sites for hydroxylation is 2. The summed E-state index contributed by atoms with van der Waals surface area (Å²) in [6.07, 6.45) is 1.86. The topological polar surface area (TPSA) is 68.0 Å². The molecule has 0 spiro atoms. The highest BCUT2D eigenvalue weighted by Crippen LogP contribution is 2.33. The van der Waals surface area contributed by atoms with Gasteiger partial charge in [0.05, 0.1) is 23.3 Å². The lowest BCUT2D eigenvalue weighted by atomic mass is 10.1. The summed E-state index contributed by atoms with van der Waals surface area (Å²) in [5, 5.41) is 9.68. The fourth-order valence-electron chi connectivity index (χ4n) is 3.36. The molecule has 0 radical (unpaired) electrons. The number of hydrogen-bond acceptors (Lipinski definition) is 6. The Hall–Kier alpha value is -3.49. The van der Waals surface area contributed by atoms with Crippen LogP contribution in [0.15, 0.2) is 70.1 Å². The Labute approximate surface area is 193 Å². The van der Waals surface area contributed by atoms with Crippen molar-refractivity contribution < 1.29 is 9.53 Å². The second-order valence-corrected chi connectivity index (χ2v) is 9.51. The maximum Gasteiger partial charge on any atom is 0.262 e. The summed E-state index contributed by atoms with van der Waals surface area (Å²) >= 11 is 3.21. The van der Waals surface area contributed by atoms with Crippen molar-refractivity contribution in [3.05, 3.63) is 80.1 Å². The van der Waals surface area contributed by atoms with E-state index in [0.29, 0.717) is 11.4 Å². The second kappa shape index (κ2) is 8.57. The Morgan fingerprint density at radius 3 is 2.81 bits per heavy atom. The van der Waals surface area contributed by atoms with Crippen molar-refractivity contribution in [1.82, 2.24) is 4.68 Å². The number of anilines is 1. The lowest BCUT2D eigenvalue weighted by Crippen LogP contribution is -2.25. The lowest BCUT2D eigenvalue weighted by molar-refractivity contribution is -0.118. The number of hydrogen-bond donors (Lipinski definition) is 1. The highest BCUT2D eigenvalue weighted by Gasteiger charge is 2.18. The molecule has 1 N–H and O–H groups in total. The number of nitrogens with one attached hydrogen (secondary N) is 1. The number of carbonyl (C=O) groups excluding carboxylic acids is 1. The van der Waals surface area contributed by atoms with Crippen LogP contribution in [-0.4, -0.2) is 23.4 Å². The number of carbonyl (C=O) groups is 1. The molecule has 0 bridgehead atoms. The number of ether oxygens (including phenoxy) is 1. The molecule has 0 saturated carbocycles. The van der Waals surface area contributed by atoms with Crippen LogP contribution in [0.2, 0.25) is 0 Å². The molecule has 160 valence electrons. The number of para-hydroxylation sites is 1. The number of fused-ring (bicyclic) bond motifs is 1. The van der Waals surface area contributed by atoms with E-state index in [-0.39, 0.29) is 12.5 Å². The summed E-state index contributed by atoms with van der Waals surface area (Å²) < 4.78 is 7.35. The van der Waals surface area contributed by atoms with E-state index < -0.39 is 0 Å². The normalized spacial score (nSPS) is 13.8. The molecule has 0 saturated heterocycles. The van der Waals surface area contributed by atoms with Gasteiger partial charge in [0.2, 0.25) is 4.80 Å². The zero-order valence-electron chi connectivity index (χ0n) is 17.5. The van der Waals surface area contributed by atoms with Gasteiger partial charge in [0.15, 0.2) is 6.61 Å². The number of nitrogens with zero attached hydrogens (tertiary/aromatic N) is 3. The average molecular weight is 461 g/mol. The third-order valence-corrected chi connectivity index (χ3v) is 6.74. The first-order chi connectivity index (χ1) is 15.6. The highest BCUT2D eigenvalue weighted by molar-refractivity contribution is 7.13. The summed E-state index contributed by atoms with van der Waals surface area (Å²) in [5.41, 5.74) is 4.46. The molecule has 8 heteroatoms. The van der Waals surface area contributed by atoms with Gasteiger partial charge in [-0.15, -0.1) is 22.7 Å². The quantitative estimate of drug-likeness (QED) is 0.418. The first-order valence-electron chi connectivity index (χ1n) is 10.1. The minimum absolute atomic E-state index is 0.0365. The molecule has 6 nitrogen and oxygen atoms in total. The average Bonchev–Trinajstić information content (AvgIpc) is 3.39. The first-order valence-corrected chi connectivity index (χ1v) is 11.8. The SMILES string of the molecule is Cc1ccc(C=Nn2c(-c3ccc4c(c3)NC(=O)CO4)csc2=Nc2ccccc2C)s1. The maximum absolute atomic E-state index is 11.8. The summed E-state index contributed by atoms with van der Waals surface area (Å²) in [7, 11) is 0. The van der Waals surface area contributed by atoms with Crippen molar-refractivity contribution in [3.8, 4) is 17.0 Å². The molecule has 0 atom stereocenters. The van der Waals surface area contributed by atoms with Crippen LogP contribution in [0.1, 0.15) is 15.3 Å². The van der Waals surface area contributed by atoms with E-state index in [1.807, 2.05) is 65.7 Å². The van der Waals surface area contributed by atoms with Crippen molar-refractivity contribution in [2.75, 3.05) is 11.9 Å². The molecule has 0 fully saturated rings. The summed E-state index contributed by atoms with van der Waals surface area (Å²) in [6.45, 7) is 4.16. The van der Waals surface area contributed by atoms with Crippen molar-refractivity contribution in [2.45, 2.75) is 13.8 Å². The van der Waals surface area contributed by atoms with Crippen LogP contribution in [0.3, 0.4) is 0 Å². The predicted octanol–water partition coefficient (Wildman–Crippen LogP) is 5.34. The molecule has 1 aliphatic heterocycles. The fraction of sp³-hybridized carbons (Fsp3) is 0.125. The van der Waals surface area contributed by atoms with Crippen molar-refractivity contribution >= 4 is 46.2 Å². The van der Waals surface area contributed by atoms with Crippen LogP contribution in [-0.2, 0) is 4.79 Å². The molecule has 0 aliphatic carbocycles. The number of rotatable bonds is 4. The van der Waals surface area contributed by atoms with E-state index in [0.717, 1.165) is 32.2 Å². The summed E-state index contributed by atoms with van der Waals surface area (Å²) in [4.78, 5) is 19.7. The van der Waals surface area contributed by atoms with Crippen molar-refractivity contribution in [1.29, 1.82) is 0 Å². The van der Waals surface area contributed by atoms with Crippen molar-refractivity contribution in [3.63, 3.8) is 0 Å². The molecule has 3 heterocycles. The fourth-order valence-corrected chi connectivity index (χ4v) is 4.95. The Morgan fingerprint density at radius 1 is 1.12 bits per heavy atom. The number of amides is 1. The number of thiazole rings is 1. The molecular weight excluding hydrogens is 440 g/mol. The molecule has 0 unspecified atom stereocenters. The molecular formula is C24H20N4O2S2. The van der Waals surface area contributed by atoms with Gasteiger partial charge in [-0.25, -0.2) is 9.67 Å². The Morgan fingerprint density at radius 2 is 2.00 bits per heavy atom. The van der Waals surface area contributed by atoms with E-state index in [4.69, 9.17) is 14.8 Å². The zero-order chi connectivity index (χ0) is 22.1. The van der Waals surface area contributed by atoms with Crippen LogP contribution >= 0.6 is 22.7 Å². The first kappa shape index (κ1) is 20.4. The minimum atomic E-state index is -0.158. The molecule has 32 heavy (non-hydrogen) atoms. The van der Waals surface area contributed by atoms with Crippen molar-refractivity contribution in [2.24, 2.45) is 10.1 Å². The highest BCUT2D eigenvalue weighted by atomic mass is 32.1. The van der Waals surface area contributed by atoms with E-state index in [9.17, 15) is 4.79 Å². The lowest BCUT2D eigenvalue weighted by Gasteiger charge is -2.18. The Kier molecular flexibility index (Phi) is 5.46. The third kappa shape index (κ3) is 4.15. The van der Waals surface area contributed by atoms with Gasteiger partial charge in [0.25, 0.3) is 5.91 Å². The number of aromatic nitrogens is 1. The van der Waals surface area contributed by atoms with Gasteiger partial charge >= 0.3 is 0 Å². The van der Waals surface area contributed by atoms with Crippen LogP contribution in [0, 0.1) is 13.8 Å². The monoisotopic (exact) mass is 460 g/mol. The number of benzene rings is 2. The Balaban J connectivity index is 1.64. The van der Waals surface area contributed by atoms with E-state index in [2.05, 4.69) is 24.4 Å². The van der Waals surface area contributed by atoms with Gasteiger partial charge < -0.3 is 10.1 Å². The standard InChI is InChI=1S/C24H20N4O2S2/c1-15-5-3-4-6-19(15)27-24-28(25-12-18-9-7-16(2)32-18)21(14-31-24)17-8-10-22-20(11-17)26-23(29)13-30-22/h3-12,14H,13H2,1-2H3,(H,26,29). The smallest absolute Gasteiger partial charge is 0.262 e. The molecule has 5 rings (SSSR count). The minimum Gasteiger partial charge on any atom is -0.482 e. The predicted molar refractivity (Wildman–Crippen MR) is 130 cm³/mol. The molecule has 2 aromatic carbocycles. The second-order valence-electron chi connectivity index (χ2n) is 7.35. The summed E-state index contributed by atoms with van der Waals surface area (Å²) in [5.74, 6) is 0.506. The van der Waals surface area contributed by atoms with E-state index in [1.165, 1.54) is 16.2 Å². The van der Waals surface area contributed by atoms with Crippen LogP contribution in [0.4, 0.5) is 11.4 Å². The van der Waals surface area contributed by atoms with Crippen LogP contribution in [0.5, 0.6) is 5.75 Å². The molecule has 2 aromatic heterocycles. The van der Waals surface area contributed by atoms with Gasteiger partial charge in [0.1, 0.15) is 5.75 Å². The Bertz CT molecular complexity index is 1410. The molecule has 4 aromatic rings. The number of thiophene rings is 1. The van der Waals surface area contributed by atoms with E-state index >= 15 is 0 Å². The molecule has 1 aliphatic rings. The maximum atomic E-state index is 11.8. The van der Waals surface area contributed by atoms with E-state index in [1.54, 1.807) is 11.3 Å². The van der Waals surface area contributed by atoms with Gasteiger partial charge in [-0.05, 0) is 55.8 Å². The zero-order valence-corrected chi connectivity index (χ0v) is 19.2. The third-order valence-electron chi connectivity index (χ3n) is 4.99. The van der Waals surface area contributed by atoms with Gasteiger partial charge in [-0.3, -0.25) is 4.79 Å². The van der Waals surface area contributed by atoms with Crippen LogP contribution < -0.4 is 14.9 Å². The van der Waals surface area contributed by atoms with Gasteiger partial charge in [-0.2, -0.15) is 5.10 Å². The summed E-state index contributed by atoms with van der Waals surface area (Å²) in [6, 6.07) is 17.9. The van der Waals surface area contributed by atoms with Crippen LogP contribution in [0.25, 0.3) is 11.3 Å².